The van der Waals surface area contributed by atoms with E-state index in [-0.39, 0.29) is 37.4 Å². The van der Waals surface area contributed by atoms with Crippen molar-refractivity contribution in [2.24, 2.45) is 0 Å². The van der Waals surface area contributed by atoms with E-state index in [0.717, 1.165) is 25.7 Å². The first kappa shape index (κ1) is 21.7. The quantitative estimate of drug-likeness (QED) is 0.298. The smallest absolute Gasteiger partial charge is 1.00 e. The fraction of sp³-hybridized carbons (Fsp3) is 0.769. The Morgan fingerprint density at radius 1 is 1.05 bits per heavy atom. The molecule has 0 radical (unpaired) electrons. The van der Waals surface area contributed by atoms with Crippen LogP contribution in [0.5, 0.6) is 0 Å². The minimum atomic E-state index is -1.59. The van der Waals surface area contributed by atoms with Crippen LogP contribution in [0.4, 0.5) is 0 Å². The van der Waals surface area contributed by atoms with Gasteiger partial charge in [-0.25, -0.2) is 4.79 Å². The number of ether oxygens (including phenoxy) is 1. The summed E-state index contributed by atoms with van der Waals surface area (Å²) in [6, 6.07) is 0. The van der Waals surface area contributed by atoms with Crippen molar-refractivity contribution in [3.63, 3.8) is 0 Å². The number of carboxylic acids is 2. The number of hydrogen-bond donors (Lipinski definition) is 2. The third-order valence-corrected chi connectivity index (χ3v) is 2.64. The second kappa shape index (κ2) is 13.4. The molecule has 1 unspecified atom stereocenters. The van der Waals surface area contributed by atoms with Crippen LogP contribution < -0.4 is 29.6 Å². The zero-order chi connectivity index (χ0) is 14.7. The first-order valence-corrected chi connectivity index (χ1v) is 6.61. The maximum absolute atomic E-state index is 11.3. The van der Waals surface area contributed by atoms with Gasteiger partial charge in [-0.15, -0.1) is 0 Å². The number of unbranched alkanes of at least 4 members (excludes halogenated alkanes) is 5. The average Bonchev–Trinajstić information content (AvgIpc) is 2.32. The molecule has 6 nitrogen and oxygen atoms in total. The molecule has 20 heavy (non-hydrogen) atoms. The fourth-order valence-corrected chi connectivity index (χ4v) is 1.61. The van der Waals surface area contributed by atoms with Crippen molar-refractivity contribution in [2.75, 3.05) is 0 Å². The predicted molar refractivity (Wildman–Crippen MR) is 68.9 cm³/mol. The van der Waals surface area contributed by atoms with Crippen LogP contribution in [0.1, 0.15) is 59.7 Å². The molecule has 7 heteroatoms. The predicted octanol–water partition coefficient (Wildman–Crippen LogP) is -0.675. The summed E-state index contributed by atoms with van der Waals surface area (Å²) in [5.41, 5.74) is 0. The first-order chi connectivity index (χ1) is 8.97. The van der Waals surface area contributed by atoms with Gasteiger partial charge in [-0.2, -0.15) is 0 Å². The Kier molecular flexibility index (Phi) is 14.5. The van der Waals surface area contributed by atoms with Crippen LogP contribution in [0.15, 0.2) is 0 Å². The summed E-state index contributed by atoms with van der Waals surface area (Å²) in [4.78, 5) is 32.4. The molecular weight excluding hydrogens is 275 g/mol. The number of rotatable bonds is 11. The number of carbonyl (C=O) groups is 3. The van der Waals surface area contributed by atoms with Gasteiger partial charge >= 0.3 is 47.5 Å². The van der Waals surface area contributed by atoms with Crippen molar-refractivity contribution < 1.29 is 60.3 Å². The molecule has 0 aromatic heterocycles. The van der Waals surface area contributed by atoms with Gasteiger partial charge in [0, 0.05) is 6.42 Å². The number of carboxylic acid groups (broad SMARTS) is 2. The maximum atomic E-state index is 11.3. The summed E-state index contributed by atoms with van der Waals surface area (Å²) >= 11 is 0. The van der Waals surface area contributed by atoms with E-state index in [1.54, 1.807) is 0 Å². The Labute approximate surface area is 142 Å². The Hall–Kier alpha value is -0.590. The molecule has 112 valence electrons. The van der Waals surface area contributed by atoms with Crippen molar-refractivity contribution in [2.45, 2.75) is 64.4 Å². The van der Waals surface area contributed by atoms with Crippen LogP contribution in [0.3, 0.4) is 0 Å². The molecule has 0 aliphatic heterocycles. The molecule has 0 aromatic rings. The summed E-state index contributed by atoms with van der Waals surface area (Å²) in [6.45, 7) is 2.12. The zero-order valence-electron chi connectivity index (χ0n) is 13.3. The number of hydrogen-bond acceptors (Lipinski definition) is 4. The van der Waals surface area contributed by atoms with E-state index in [4.69, 9.17) is 10.2 Å². The molecule has 1 atom stereocenters. The average molecular weight is 298 g/mol. The van der Waals surface area contributed by atoms with Crippen molar-refractivity contribution in [3.8, 4) is 0 Å². The second-order valence-electron chi connectivity index (χ2n) is 4.43. The standard InChI is InChI=1S/C13H22O6.Na.H/c1-2-3-4-5-6-7-8-12(16)19-10(13(17)18)9-11(14)15;;/h10H,2-9H2,1H3,(H,14,15)(H,17,18);;/q;+1;-1. The molecule has 0 saturated carbocycles. The minimum Gasteiger partial charge on any atom is -1.00 e. The zero-order valence-corrected chi connectivity index (χ0v) is 14.3. The molecule has 0 rings (SSSR count). The van der Waals surface area contributed by atoms with Gasteiger partial charge in [-0.05, 0) is 6.42 Å². The monoisotopic (exact) mass is 298 g/mol. The van der Waals surface area contributed by atoms with Gasteiger partial charge in [0.05, 0.1) is 6.42 Å². The minimum absolute atomic E-state index is 0. The van der Waals surface area contributed by atoms with Gasteiger partial charge in [0.2, 0.25) is 6.10 Å². The summed E-state index contributed by atoms with van der Waals surface area (Å²) in [5.74, 6) is -3.39. The summed E-state index contributed by atoms with van der Waals surface area (Å²) in [6.07, 6.45) is 3.86. The van der Waals surface area contributed by atoms with E-state index < -0.39 is 30.4 Å². The topological polar surface area (TPSA) is 101 Å². The molecule has 0 spiro atoms. The van der Waals surface area contributed by atoms with Crippen LogP contribution in [-0.4, -0.2) is 34.2 Å². The molecular formula is C13H23NaO6. The van der Waals surface area contributed by atoms with E-state index in [1.165, 1.54) is 6.42 Å². The number of esters is 1. The largest absolute Gasteiger partial charge is 1.00 e. The van der Waals surface area contributed by atoms with Crippen molar-refractivity contribution >= 4 is 17.9 Å². The maximum Gasteiger partial charge on any atom is 1.00 e. The number of carbonyl (C=O) groups excluding carboxylic acids is 1. The SMILES string of the molecule is CCCCCCCCC(=O)OC(CC(=O)O)C(=O)O.[H-].[Na+]. The van der Waals surface area contributed by atoms with Gasteiger partial charge in [-0.3, -0.25) is 9.59 Å². The van der Waals surface area contributed by atoms with Gasteiger partial charge in [0.1, 0.15) is 0 Å². The Balaban J connectivity index is -0.00000162. The third kappa shape index (κ3) is 12.4. The van der Waals surface area contributed by atoms with E-state index in [1.807, 2.05) is 0 Å². The third-order valence-electron chi connectivity index (χ3n) is 2.64. The molecule has 0 amide bonds. The molecule has 0 fully saturated rings. The van der Waals surface area contributed by atoms with E-state index in [9.17, 15) is 14.4 Å². The summed E-state index contributed by atoms with van der Waals surface area (Å²) < 4.78 is 4.63. The molecule has 0 aliphatic rings. The first-order valence-electron chi connectivity index (χ1n) is 6.61. The van der Waals surface area contributed by atoms with Crippen molar-refractivity contribution in [1.29, 1.82) is 0 Å². The van der Waals surface area contributed by atoms with Crippen LogP contribution in [0, 0.1) is 0 Å². The molecule has 0 aliphatic carbocycles. The molecule has 0 heterocycles. The van der Waals surface area contributed by atoms with Gasteiger partial charge in [0.15, 0.2) is 0 Å². The Morgan fingerprint density at radius 3 is 2.10 bits per heavy atom. The van der Waals surface area contributed by atoms with Gasteiger partial charge < -0.3 is 16.4 Å². The molecule has 2 N–H and O–H groups in total. The van der Waals surface area contributed by atoms with E-state index in [0.29, 0.717) is 6.42 Å². The van der Waals surface area contributed by atoms with Crippen LogP contribution in [0.25, 0.3) is 0 Å². The van der Waals surface area contributed by atoms with Crippen molar-refractivity contribution in [3.05, 3.63) is 0 Å². The van der Waals surface area contributed by atoms with E-state index in [2.05, 4.69) is 11.7 Å². The fourth-order valence-electron chi connectivity index (χ4n) is 1.61. The van der Waals surface area contributed by atoms with Crippen LogP contribution in [-0.2, 0) is 19.1 Å². The normalized spacial score (nSPS) is 11.2. The second-order valence-corrected chi connectivity index (χ2v) is 4.43. The van der Waals surface area contributed by atoms with Crippen LogP contribution >= 0.6 is 0 Å². The van der Waals surface area contributed by atoms with Crippen molar-refractivity contribution in [1.82, 2.24) is 0 Å². The molecule has 0 saturated heterocycles. The number of aliphatic carboxylic acids is 2. The van der Waals surface area contributed by atoms with E-state index >= 15 is 0 Å². The Bertz CT molecular complexity index is 311. The summed E-state index contributed by atoms with van der Waals surface area (Å²) in [7, 11) is 0. The molecule has 0 bridgehead atoms. The summed E-state index contributed by atoms with van der Waals surface area (Å²) in [5, 5.41) is 17.2. The van der Waals surface area contributed by atoms with Crippen LogP contribution in [0.2, 0.25) is 0 Å². The van der Waals surface area contributed by atoms with Gasteiger partial charge in [-0.1, -0.05) is 39.0 Å². The van der Waals surface area contributed by atoms with Gasteiger partial charge in [0.25, 0.3) is 0 Å². The Morgan fingerprint density at radius 2 is 1.60 bits per heavy atom. The molecule has 0 aromatic carbocycles.